The number of piperazine rings is 1. The van der Waals surface area contributed by atoms with Crippen LogP contribution < -0.4 is 14.4 Å². The average molecular weight is 821 g/mol. The third kappa shape index (κ3) is 7.75. The molecule has 2 saturated heterocycles. The van der Waals surface area contributed by atoms with Gasteiger partial charge in [-0.1, -0.05) is 65.1 Å². The van der Waals surface area contributed by atoms with Crippen LogP contribution in [0.5, 0.6) is 11.6 Å². The maximum atomic E-state index is 17.7. The Hall–Kier alpha value is -4.18. The van der Waals surface area contributed by atoms with Crippen molar-refractivity contribution in [2.75, 3.05) is 39.0 Å². The van der Waals surface area contributed by atoms with E-state index in [1.54, 1.807) is 25.1 Å². The van der Waals surface area contributed by atoms with Gasteiger partial charge in [-0.15, -0.1) is 5.54 Å². The fraction of sp³-hybridized carbons (Fsp3) is 0.523. The van der Waals surface area contributed by atoms with Gasteiger partial charge in [-0.3, -0.25) is 4.90 Å². The number of halogens is 3. The topological polar surface area (TPSA) is 86.2 Å². The van der Waals surface area contributed by atoms with Gasteiger partial charge in [-0.05, 0) is 86.3 Å². The summed E-state index contributed by atoms with van der Waals surface area (Å²) < 4.78 is 56.8. The Morgan fingerprint density at radius 1 is 0.965 bits per heavy atom. The van der Waals surface area contributed by atoms with Gasteiger partial charge in [0.05, 0.1) is 30.1 Å². The Labute approximate surface area is 341 Å². The summed E-state index contributed by atoms with van der Waals surface area (Å²) in [7, 11) is 0.679. The van der Waals surface area contributed by atoms with Crippen molar-refractivity contribution >= 4 is 53.1 Å². The molecule has 2 aliphatic rings. The molecular formula is C44H55ClF2N4O5Si. The quantitative estimate of drug-likeness (QED) is 0.0714. The molecule has 6 rings (SSSR count). The highest BCUT2D eigenvalue weighted by Gasteiger charge is 2.46. The van der Waals surface area contributed by atoms with Crippen LogP contribution >= 0.6 is 11.6 Å². The van der Waals surface area contributed by atoms with E-state index in [1.807, 2.05) is 30.6 Å². The third-order valence-electron chi connectivity index (χ3n) is 11.7. The highest BCUT2D eigenvalue weighted by molar-refractivity contribution is 6.90. The minimum Gasteiger partial charge on any atom is -0.480 e. The molecule has 2 aromatic carbocycles. The number of rotatable bonds is 9. The van der Waals surface area contributed by atoms with Gasteiger partial charge in [0.15, 0.2) is 12.6 Å². The summed E-state index contributed by atoms with van der Waals surface area (Å²) in [6.45, 7) is 21.3. The molecule has 0 radical (unpaired) electrons. The minimum atomic E-state index is -2.31. The van der Waals surface area contributed by atoms with Crippen LogP contribution in [-0.4, -0.2) is 80.8 Å². The Kier molecular flexibility index (Phi) is 12.1. The van der Waals surface area contributed by atoms with Crippen molar-refractivity contribution in [3.05, 3.63) is 52.2 Å². The normalized spacial score (nSPS) is 17.2. The van der Waals surface area contributed by atoms with E-state index in [4.69, 9.17) is 40.5 Å². The van der Waals surface area contributed by atoms with Crippen molar-refractivity contribution in [2.45, 2.75) is 116 Å². The number of hydrogen-bond donors (Lipinski definition) is 0. The molecule has 0 saturated carbocycles. The smallest absolute Gasteiger partial charge is 0.410 e. The lowest BCUT2D eigenvalue weighted by Crippen LogP contribution is -2.57. The van der Waals surface area contributed by atoms with Crippen molar-refractivity contribution in [3.8, 4) is 34.4 Å². The van der Waals surface area contributed by atoms with E-state index in [2.05, 4.69) is 53.0 Å². The Morgan fingerprint density at radius 3 is 2.16 bits per heavy atom. The molecule has 2 fully saturated rings. The zero-order valence-electron chi connectivity index (χ0n) is 35.2. The van der Waals surface area contributed by atoms with Gasteiger partial charge in [-0.2, -0.15) is 0 Å². The molecule has 2 aliphatic heterocycles. The van der Waals surface area contributed by atoms with Crippen LogP contribution in [0.15, 0.2) is 24.3 Å². The second-order valence-electron chi connectivity index (χ2n) is 17.3. The van der Waals surface area contributed by atoms with Gasteiger partial charge in [-0.25, -0.2) is 23.5 Å². The number of amides is 1. The van der Waals surface area contributed by atoms with E-state index in [-0.39, 0.29) is 58.2 Å². The number of pyridine rings is 2. The van der Waals surface area contributed by atoms with Crippen molar-refractivity contribution in [1.29, 1.82) is 0 Å². The first kappa shape index (κ1) is 42.4. The van der Waals surface area contributed by atoms with Crippen LogP contribution in [0, 0.1) is 30.0 Å². The summed E-state index contributed by atoms with van der Waals surface area (Å²) in [6.07, 6.45) is 1.23. The summed E-state index contributed by atoms with van der Waals surface area (Å²) in [6, 6.07) is 6.17. The predicted octanol–water partition coefficient (Wildman–Crippen LogP) is 10.8. The van der Waals surface area contributed by atoms with E-state index >= 15 is 8.78 Å². The molecule has 2 aromatic heterocycles. The number of aryl methyl sites for hydroxylation is 1. The lowest BCUT2D eigenvalue weighted by atomic mass is 9.94. The van der Waals surface area contributed by atoms with Crippen molar-refractivity contribution < 1.29 is 32.5 Å². The Bertz CT molecular complexity index is 2230. The van der Waals surface area contributed by atoms with Crippen molar-refractivity contribution in [1.82, 2.24) is 14.9 Å². The van der Waals surface area contributed by atoms with Crippen LogP contribution in [-0.2, 0) is 9.47 Å². The number of hydrogen-bond acceptors (Lipinski definition) is 8. The number of anilines is 1. The molecule has 9 nitrogen and oxygen atoms in total. The maximum absolute atomic E-state index is 17.7. The first-order valence-electron chi connectivity index (χ1n) is 19.8. The van der Waals surface area contributed by atoms with E-state index in [1.165, 1.54) is 20.3 Å². The number of fused-ring (bicyclic) bond motifs is 4. The van der Waals surface area contributed by atoms with E-state index in [0.29, 0.717) is 63.0 Å². The van der Waals surface area contributed by atoms with Crippen LogP contribution in [0.4, 0.5) is 19.4 Å². The average Bonchev–Trinajstić information content (AvgIpc) is 3.41. The Morgan fingerprint density at radius 2 is 1.60 bits per heavy atom. The lowest BCUT2D eigenvalue weighted by molar-refractivity contribution is 0.0123. The highest BCUT2D eigenvalue weighted by Crippen LogP contribution is 2.46. The molecule has 4 heterocycles. The largest absolute Gasteiger partial charge is 0.480 e. The molecule has 0 N–H and O–H groups in total. The zero-order valence-corrected chi connectivity index (χ0v) is 37.0. The van der Waals surface area contributed by atoms with Gasteiger partial charge < -0.3 is 23.8 Å². The number of methoxy groups -OCH3 is 2. The number of ether oxygens (including phenoxy) is 4. The SMILES string of the molecule is COCOc1cc(-c2nc(OC)c3c(N4C[C@H]5CC[C@@H](C4)N5C(=O)OC(C)(C)C)nc(Cl)c(C)c3c2F)c2c(C#C[Si](C(C)C)(C(C)C)C(C)C)c(F)ccc2c1. The first-order chi connectivity index (χ1) is 26.8. The molecule has 0 spiro atoms. The summed E-state index contributed by atoms with van der Waals surface area (Å²) in [4.78, 5) is 26.8. The van der Waals surface area contributed by atoms with Crippen LogP contribution in [0.2, 0.25) is 21.8 Å². The summed E-state index contributed by atoms with van der Waals surface area (Å²) in [5.74, 6) is 3.05. The van der Waals surface area contributed by atoms with Crippen LogP contribution in [0.25, 0.3) is 32.8 Å². The van der Waals surface area contributed by atoms with E-state index in [0.717, 1.165) is 12.8 Å². The van der Waals surface area contributed by atoms with E-state index < -0.39 is 25.3 Å². The number of carbonyl (C=O) groups excluding carboxylic acids is 1. The maximum Gasteiger partial charge on any atom is 0.410 e. The zero-order chi connectivity index (χ0) is 41.7. The molecule has 1 amide bonds. The minimum absolute atomic E-state index is 0.0615. The molecule has 4 aromatic rings. The number of benzene rings is 2. The van der Waals surface area contributed by atoms with Crippen LogP contribution in [0.1, 0.15) is 86.3 Å². The molecule has 57 heavy (non-hydrogen) atoms. The van der Waals surface area contributed by atoms with Gasteiger partial charge in [0.2, 0.25) is 5.88 Å². The monoisotopic (exact) mass is 820 g/mol. The first-order valence-corrected chi connectivity index (χ1v) is 22.4. The second-order valence-corrected chi connectivity index (χ2v) is 23.2. The molecule has 13 heteroatoms. The predicted molar refractivity (Wildman–Crippen MR) is 226 cm³/mol. The second kappa shape index (κ2) is 16.2. The van der Waals surface area contributed by atoms with Gasteiger partial charge in [0.25, 0.3) is 0 Å². The van der Waals surface area contributed by atoms with Gasteiger partial charge in [0.1, 0.15) is 41.9 Å². The van der Waals surface area contributed by atoms with Crippen LogP contribution in [0.3, 0.4) is 0 Å². The molecular weight excluding hydrogens is 766 g/mol. The molecule has 0 unspecified atom stereocenters. The van der Waals surface area contributed by atoms with E-state index in [9.17, 15) is 4.79 Å². The van der Waals surface area contributed by atoms with Crippen molar-refractivity contribution in [2.24, 2.45) is 0 Å². The Balaban J connectivity index is 1.59. The summed E-state index contributed by atoms with van der Waals surface area (Å²) in [5, 5.41) is 1.66. The highest BCUT2D eigenvalue weighted by atomic mass is 35.5. The molecule has 2 bridgehead atoms. The number of nitrogens with zero attached hydrogens (tertiary/aromatic N) is 4. The molecule has 0 aliphatic carbocycles. The molecule has 2 atom stereocenters. The molecule has 306 valence electrons. The standard InChI is InChI=1S/C44H55ClF2N4O5Si/c1-24(2)57(25(3)4,26(5)6)18-17-32-34(46)16-13-28-19-31(55-23-53-11)20-33(36(28)32)39-38(47)35-27(7)40(45)49-41(37(35)42(48-39)54-12)50-21-29-14-15-30(22-50)51(29)43(52)56-44(8,9)10/h13,16,19-20,24-26,29-30H,14-15,21-23H2,1-12H3/t29-,30+. The van der Waals surface area contributed by atoms with Gasteiger partial charge in [0, 0.05) is 36.5 Å². The third-order valence-corrected chi connectivity index (χ3v) is 18.4. The number of aromatic nitrogens is 2. The van der Waals surface area contributed by atoms with Crippen molar-refractivity contribution in [3.63, 3.8) is 0 Å². The lowest BCUT2D eigenvalue weighted by Gasteiger charge is -2.42. The summed E-state index contributed by atoms with van der Waals surface area (Å²) >= 11 is 6.85. The fourth-order valence-electron chi connectivity index (χ4n) is 9.22. The summed E-state index contributed by atoms with van der Waals surface area (Å²) in [5.41, 5.74) is 4.74. The fourth-order valence-corrected chi connectivity index (χ4v) is 14.6. The van der Waals surface area contributed by atoms with Gasteiger partial charge >= 0.3 is 6.09 Å². The number of carbonyl (C=O) groups is 1.